The number of aromatic nitrogens is 2. The Morgan fingerprint density at radius 2 is 1.97 bits per heavy atom. The minimum Gasteiger partial charge on any atom is -0.481 e. The van der Waals surface area contributed by atoms with E-state index < -0.39 is 5.97 Å². The van der Waals surface area contributed by atoms with Crippen molar-refractivity contribution in [1.82, 2.24) is 9.55 Å². The molecule has 1 saturated heterocycles. The third-order valence-corrected chi connectivity index (χ3v) is 8.68. The predicted octanol–water partition coefficient (Wildman–Crippen LogP) is 5.68. The molecule has 196 valence electrons. The van der Waals surface area contributed by atoms with Crippen molar-refractivity contribution < 1.29 is 24.2 Å². The zero-order valence-corrected chi connectivity index (χ0v) is 21.7. The number of hydrogen-bond acceptors (Lipinski definition) is 5. The number of benzene rings is 1. The van der Waals surface area contributed by atoms with E-state index in [1.165, 1.54) is 7.11 Å². The van der Waals surface area contributed by atoms with Gasteiger partial charge in [0.25, 0.3) is 0 Å². The normalized spacial score (nSPS) is 26.0. The molecule has 3 aliphatic rings. The fourth-order valence-corrected chi connectivity index (χ4v) is 6.73. The molecule has 8 nitrogen and oxygen atoms in total. The van der Waals surface area contributed by atoms with Crippen LogP contribution in [0.2, 0.25) is 0 Å². The van der Waals surface area contributed by atoms with Crippen molar-refractivity contribution in [3.63, 3.8) is 0 Å². The average Bonchev–Trinajstić information content (AvgIpc) is 3.29. The van der Waals surface area contributed by atoms with E-state index in [1.807, 2.05) is 6.07 Å². The third-order valence-electron chi connectivity index (χ3n) is 8.68. The molecule has 2 aromatic rings. The van der Waals surface area contributed by atoms with Crippen LogP contribution in [0.1, 0.15) is 88.6 Å². The first-order chi connectivity index (χ1) is 17.4. The highest BCUT2D eigenvalue weighted by Crippen LogP contribution is 2.42. The highest BCUT2D eigenvalue weighted by atomic mass is 16.5. The van der Waals surface area contributed by atoms with Gasteiger partial charge in [0, 0.05) is 36.8 Å². The van der Waals surface area contributed by atoms with Crippen molar-refractivity contribution in [2.45, 2.75) is 89.6 Å². The van der Waals surface area contributed by atoms with Crippen LogP contribution < -0.4 is 4.90 Å². The Bertz CT molecular complexity index is 1120. The number of carboxylic acids is 1. The Morgan fingerprint density at radius 1 is 1.19 bits per heavy atom. The maximum absolute atomic E-state index is 12.6. The monoisotopic (exact) mass is 497 g/mol. The molecule has 2 aliphatic heterocycles. The third kappa shape index (κ3) is 4.60. The fraction of sp³-hybridized carbons (Fsp3) is 0.679. The van der Waals surface area contributed by atoms with Crippen LogP contribution in [0.15, 0.2) is 12.1 Å². The van der Waals surface area contributed by atoms with Gasteiger partial charge in [0.1, 0.15) is 5.82 Å². The smallest absolute Gasteiger partial charge is 0.414 e. The van der Waals surface area contributed by atoms with Crippen molar-refractivity contribution in [3.8, 4) is 0 Å². The van der Waals surface area contributed by atoms with Crippen LogP contribution in [0, 0.1) is 11.8 Å². The molecule has 1 N–H and O–H groups in total. The molecule has 1 aromatic carbocycles. The molecule has 1 amide bonds. The lowest BCUT2D eigenvalue weighted by Gasteiger charge is -2.34. The van der Waals surface area contributed by atoms with E-state index in [0.717, 1.165) is 92.7 Å². The van der Waals surface area contributed by atoms with Crippen LogP contribution in [0.3, 0.4) is 0 Å². The Kier molecular flexibility index (Phi) is 7.24. The number of ether oxygens (including phenoxy) is 2. The Hall–Kier alpha value is -2.61. The topological polar surface area (TPSA) is 93.9 Å². The number of aryl methyl sites for hydroxylation is 1. The van der Waals surface area contributed by atoms with E-state index in [1.54, 1.807) is 4.90 Å². The summed E-state index contributed by atoms with van der Waals surface area (Å²) in [6.45, 7) is 5.97. The highest BCUT2D eigenvalue weighted by molar-refractivity contribution is 5.95. The van der Waals surface area contributed by atoms with E-state index >= 15 is 0 Å². The van der Waals surface area contributed by atoms with E-state index in [2.05, 4.69) is 24.5 Å². The molecule has 2 fully saturated rings. The first-order valence-corrected chi connectivity index (χ1v) is 13.6. The summed E-state index contributed by atoms with van der Waals surface area (Å²) < 4.78 is 13.1. The molecule has 1 saturated carbocycles. The van der Waals surface area contributed by atoms with E-state index in [9.17, 15) is 14.7 Å². The van der Waals surface area contributed by atoms with Crippen LogP contribution >= 0.6 is 0 Å². The summed E-state index contributed by atoms with van der Waals surface area (Å²) in [5.41, 5.74) is 4.01. The van der Waals surface area contributed by atoms with Gasteiger partial charge in [0.15, 0.2) is 0 Å². The first kappa shape index (κ1) is 25.1. The molecular formula is C28H39N3O5. The van der Waals surface area contributed by atoms with Crippen molar-refractivity contribution in [1.29, 1.82) is 0 Å². The molecular weight excluding hydrogens is 458 g/mol. The molecule has 1 aliphatic carbocycles. The van der Waals surface area contributed by atoms with Crippen molar-refractivity contribution in [2.24, 2.45) is 11.8 Å². The van der Waals surface area contributed by atoms with Gasteiger partial charge in [-0.05, 0) is 76.3 Å². The quantitative estimate of drug-likeness (QED) is 0.571. The number of carbonyl (C=O) groups is 2. The summed E-state index contributed by atoms with van der Waals surface area (Å²) >= 11 is 0. The molecule has 0 bridgehead atoms. The summed E-state index contributed by atoms with van der Waals surface area (Å²) in [7, 11) is 1.43. The lowest BCUT2D eigenvalue weighted by Crippen LogP contribution is -2.42. The van der Waals surface area contributed by atoms with Gasteiger partial charge in [-0.25, -0.2) is 9.78 Å². The number of amides is 1. The van der Waals surface area contributed by atoms with Crippen LogP contribution in [0.5, 0.6) is 0 Å². The maximum Gasteiger partial charge on any atom is 0.414 e. The SMILES string of the molecule is COC(=O)N1c2ccc3c(nc([C@H](C)CC4CCOCC4)n3[C@@H]3CCC[C@@H](C(=O)O)C3)c2CC[C@@H]1C. The van der Waals surface area contributed by atoms with Crippen LogP contribution in [0.25, 0.3) is 11.0 Å². The summed E-state index contributed by atoms with van der Waals surface area (Å²) in [4.78, 5) is 31.6. The molecule has 1 aromatic heterocycles. The second-order valence-corrected chi connectivity index (χ2v) is 11.0. The number of nitrogens with zero attached hydrogens (tertiary/aromatic N) is 3. The van der Waals surface area contributed by atoms with Gasteiger partial charge < -0.3 is 19.1 Å². The highest BCUT2D eigenvalue weighted by Gasteiger charge is 2.35. The molecule has 3 heterocycles. The zero-order valence-electron chi connectivity index (χ0n) is 21.7. The number of anilines is 1. The van der Waals surface area contributed by atoms with Crippen molar-refractivity contribution in [2.75, 3.05) is 25.2 Å². The van der Waals surface area contributed by atoms with Crippen LogP contribution in [-0.2, 0) is 20.7 Å². The van der Waals surface area contributed by atoms with Crippen molar-refractivity contribution in [3.05, 3.63) is 23.5 Å². The van der Waals surface area contributed by atoms with Crippen LogP contribution in [-0.4, -0.2) is 53.1 Å². The zero-order chi connectivity index (χ0) is 25.4. The number of fused-ring (bicyclic) bond motifs is 3. The second-order valence-electron chi connectivity index (χ2n) is 11.0. The summed E-state index contributed by atoms with van der Waals surface area (Å²) in [6, 6.07) is 4.30. The number of aliphatic carboxylic acids is 1. The molecule has 0 unspecified atom stereocenters. The van der Waals surface area contributed by atoms with E-state index in [-0.39, 0.29) is 30.0 Å². The summed E-state index contributed by atoms with van der Waals surface area (Å²) in [5.74, 6) is 0.920. The van der Waals surface area contributed by atoms with Crippen molar-refractivity contribution >= 4 is 28.8 Å². The molecule has 0 radical (unpaired) electrons. The fourth-order valence-electron chi connectivity index (χ4n) is 6.73. The largest absolute Gasteiger partial charge is 0.481 e. The molecule has 5 rings (SSSR count). The van der Waals surface area contributed by atoms with E-state index in [0.29, 0.717) is 12.3 Å². The number of methoxy groups -OCH3 is 1. The Labute approximate surface area is 213 Å². The van der Waals surface area contributed by atoms with Gasteiger partial charge >= 0.3 is 12.1 Å². The average molecular weight is 498 g/mol. The number of imidazole rings is 1. The Balaban J connectivity index is 1.60. The van der Waals surface area contributed by atoms with Gasteiger partial charge in [-0.15, -0.1) is 0 Å². The first-order valence-electron chi connectivity index (χ1n) is 13.6. The lowest BCUT2D eigenvalue weighted by atomic mass is 9.84. The lowest BCUT2D eigenvalue weighted by molar-refractivity contribution is -0.143. The number of carboxylic acid groups (broad SMARTS) is 1. The van der Waals surface area contributed by atoms with Gasteiger partial charge in [-0.1, -0.05) is 13.3 Å². The minimum absolute atomic E-state index is 0.0612. The summed E-state index contributed by atoms with van der Waals surface area (Å²) in [6.07, 6.45) is 7.84. The molecule has 8 heteroatoms. The predicted molar refractivity (Wildman–Crippen MR) is 138 cm³/mol. The number of carbonyl (C=O) groups excluding carboxylic acids is 1. The Morgan fingerprint density at radius 3 is 2.69 bits per heavy atom. The second kappa shape index (κ2) is 10.4. The van der Waals surface area contributed by atoms with Gasteiger partial charge in [0.05, 0.1) is 29.7 Å². The van der Waals surface area contributed by atoms with Gasteiger partial charge in [-0.3, -0.25) is 9.69 Å². The molecule has 4 atom stereocenters. The summed E-state index contributed by atoms with van der Waals surface area (Å²) in [5, 5.41) is 9.76. The minimum atomic E-state index is -0.694. The number of rotatable bonds is 5. The van der Waals surface area contributed by atoms with Gasteiger partial charge in [-0.2, -0.15) is 0 Å². The standard InChI is InChI=1S/C28H39N3O5/c1-17(15-19-11-13-36-14-12-19)26-29-25-22-8-7-18(2)30(28(34)35-3)23(22)9-10-24(25)31(26)21-6-4-5-20(16-21)27(32)33/h9-10,17-21H,4-8,11-16H2,1-3H3,(H,32,33)/t17-,18+,20-,21-/m1/s1. The molecule has 36 heavy (non-hydrogen) atoms. The molecule has 0 spiro atoms. The van der Waals surface area contributed by atoms with E-state index in [4.69, 9.17) is 14.5 Å². The number of hydrogen-bond donors (Lipinski definition) is 1. The van der Waals surface area contributed by atoms with Crippen LogP contribution in [0.4, 0.5) is 10.5 Å². The van der Waals surface area contributed by atoms with Gasteiger partial charge in [0.2, 0.25) is 0 Å². The maximum atomic E-state index is 12.6.